The third kappa shape index (κ3) is 3.24. The third-order valence-electron chi connectivity index (χ3n) is 4.88. The van der Waals surface area contributed by atoms with Crippen LogP contribution in [0.1, 0.15) is 17.0 Å². The molecule has 2 N–H and O–H groups in total. The minimum absolute atomic E-state index is 0.149. The summed E-state index contributed by atoms with van der Waals surface area (Å²) in [4.78, 5) is 42.4. The van der Waals surface area contributed by atoms with Crippen LogP contribution >= 0.6 is 0 Å². The van der Waals surface area contributed by atoms with Crippen molar-refractivity contribution in [2.24, 2.45) is 0 Å². The predicted octanol–water partition coefficient (Wildman–Crippen LogP) is 2.86. The summed E-state index contributed by atoms with van der Waals surface area (Å²) in [6.07, 6.45) is 4.38. The molecule has 1 aromatic carbocycles. The number of hydrogen-bond acceptors (Lipinski definition) is 5. The number of barbiturate groups is 1. The van der Waals surface area contributed by atoms with Gasteiger partial charge in [-0.1, -0.05) is 0 Å². The number of nitrogens with one attached hydrogen (secondary N) is 1. The number of rotatable bonds is 3. The Kier molecular flexibility index (Phi) is 4.67. The van der Waals surface area contributed by atoms with Gasteiger partial charge in [-0.2, -0.15) is 0 Å². The zero-order valence-corrected chi connectivity index (χ0v) is 16.3. The van der Waals surface area contributed by atoms with Crippen molar-refractivity contribution in [2.75, 3.05) is 4.90 Å². The Bertz CT molecular complexity index is 1190. The van der Waals surface area contributed by atoms with Gasteiger partial charge >= 0.3 is 6.03 Å². The summed E-state index contributed by atoms with van der Waals surface area (Å²) < 4.78 is 1.95. The smallest absolute Gasteiger partial charge is 0.336 e. The molecule has 150 valence electrons. The minimum Gasteiger partial charge on any atom is -0.508 e. The molecule has 4 amide bonds. The van der Waals surface area contributed by atoms with Gasteiger partial charge < -0.3 is 9.67 Å². The number of pyridine rings is 1. The average Bonchev–Trinajstić information content (AvgIpc) is 3.00. The molecule has 1 fully saturated rings. The van der Waals surface area contributed by atoms with E-state index in [0.717, 1.165) is 22.0 Å². The molecular formula is C22H18N4O4. The number of aromatic nitrogens is 2. The maximum Gasteiger partial charge on any atom is 0.336 e. The van der Waals surface area contributed by atoms with Crippen LogP contribution < -0.4 is 10.2 Å². The Morgan fingerprint density at radius 1 is 1.03 bits per heavy atom. The highest BCUT2D eigenvalue weighted by molar-refractivity contribution is 6.39. The maximum atomic E-state index is 13.0. The number of urea groups is 1. The molecule has 0 saturated carbocycles. The van der Waals surface area contributed by atoms with Gasteiger partial charge in [0.2, 0.25) is 0 Å². The van der Waals surface area contributed by atoms with E-state index in [0.29, 0.717) is 5.56 Å². The summed E-state index contributed by atoms with van der Waals surface area (Å²) in [6, 6.07) is 10.9. The van der Waals surface area contributed by atoms with Crippen LogP contribution in [0.15, 0.2) is 60.4 Å². The van der Waals surface area contributed by atoms with E-state index in [9.17, 15) is 19.5 Å². The van der Waals surface area contributed by atoms with Crippen LogP contribution in [0, 0.1) is 13.8 Å². The van der Waals surface area contributed by atoms with Crippen LogP contribution in [-0.2, 0) is 9.59 Å². The van der Waals surface area contributed by atoms with Crippen molar-refractivity contribution in [3.8, 4) is 11.4 Å². The number of hydrogen-bond donors (Lipinski definition) is 2. The normalized spacial score (nSPS) is 15.6. The van der Waals surface area contributed by atoms with Crippen molar-refractivity contribution in [3.63, 3.8) is 0 Å². The molecule has 0 aliphatic carbocycles. The fourth-order valence-corrected chi connectivity index (χ4v) is 3.47. The summed E-state index contributed by atoms with van der Waals surface area (Å²) in [6.45, 7) is 3.76. The number of phenols is 1. The van der Waals surface area contributed by atoms with Gasteiger partial charge in [-0.15, -0.1) is 0 Å². The molecule has 0 spiro atoms. The number of carbonyl (C=O) groups excluding carboxylic acids is 3. The molecule has 2 aromatic heterocycles. The lowest BCUT2D eigenvalue weighted by atomic mass is 10.1. The number of aryl methyl sites for hydroxylation is 1. The van der Waals surface area contributed by atoms with E-state index in [4.69, 9.17) is 0 Å². The Morgan fingerprint density at radius 2 is 1.77 bits per heavy atom. The van der Waals surface area contributed by atoms with Gasteiger partial charge in [0.05, 0.1) is 11.9 Å². The van der Waals surface area contributed by atoms with Gasteiger partial charge in [-0.25, -0.2) is 9.69 Å². The molecule has 8 nitrogen and oxygen atoms in total. The van der Waals surface area contributed by atoms with E-state index in [1.807, 2.05) is 24.5 Å². The Hall–Kier alpha value is -4.20. The number of carbonyl (C=O) groups is 3. The van der Waals surface area contributed by atoms with Gasteiger partial charge in [0, 0.05) is 23.3 Å². The molecule has 0 bridgehead atoms. The van der Waals surface area contributed by atoms with E-state index in [2.05, 4.69) is 10.3 Å². The quantitative estimate of drug-likeness (QED) is 0.518. The first kappa shape index (κ1) is 19.1. The van der Waals surface area contributed by atoms with Crippen LogP contribution in [0.25, 0.3) is 11.8 Å². The van der Waals surface area contributed by atoms with E-state index in [1.165, 1.54) is 18.5 Å². The lowest BCUT2D eigenvalue weighted by molar-refractivity contribution is -0.122. The van der Waals surface area contributed by atoms with Crippen LogP contribution in [-0.4, -0.2) is 32.5 Å². The number of amides is 4. The standard InChI is InChI=1S/C22H18N4O4/c1-13-10-15(14(2)25(13)16-5-7-18(27)8-6-16)11-19-20(28)24-22(30)26(21(19)29)17-4-3-9-23-12-17/h3-12,27H,1-2H3,(H,24,28,30)/b19-11+. The molecule has 1 aliphatic rings. The molecule has 30 heavy (non-hydrogen) atoms. The zero-order valence-electron chi connectivity index (χ0n) is 16.3. The van der Waals surface area contributed by atoms with Crippen LogP contribution in [0.5, 0.6) is 5.75 Å². The van der Waals surface area contributed by atoms with Crippen molar-refractivity contribution < 1.29 is 19.5 Å². The number of benzene rings is 1. The first-order chi connectivity index (χ1) is 14.4. The van der Waals surface area contributed by atoms with E-state index in [1.54, 1.807) is 36.4 Å². The minimum atomic E-state index is -0.815. The second-order valence-electron chi connectivity index (χ2n) is 6.85. The lowest BCUT2D eigenvalue weighted by Crippen LogP contribution is -2.54. The number of phenolic OH excluding ortho intramolecular Hbond substituents is 1. The highest BCUT2D eigenvalue weighted by Gasteiger charge is 2.37. The molecule has 4 rings (SSSR count). The molecule has 1 aliphatic heterocycles. The summed E-state index contributed by atoms with van der Waals surface area (Å²) in [5, 5.41) is 11.7. The molecule has 3 aromatic rings. The first-order valence-electron chi connectivity index (χ1n) is 9.16. The van der Waals surface area contributed by atoms with E-state index in [-0.39, 0.29) is 17.0 Å². The molecular weight excluding hydrogens is 384 g/mol. The van der Waals surface area contributed by atoms with Gasteiger partial charge in [0.25, 0.3) is 11.8 Å². The Morgan fingerprint density at radius 3 is 2.43 bits per heavy atom. The SMILES string of the molecule is Cc1cc(/C=C2\C(=O)NC(=O)N(c3cccnc3)C2=O)c(C)n1-c1ccc(O)cc1. The number of nitrogens with zero attached hydrogens (tertiary/aromatic N) is 3. The fraction of sp³-hybridized carbons (Fsp3) is 0.0909. The number of anilines is 1. The monoisotopic (exact) mass is 402 g/mol. The molecule has 1 saturated heterocycles. The summed E-state index contributed by atoms with van der Waals surface area (Å²) >= 11 is 0. The van der Waals surface area contributed by atoms with Crippen molar-refractivity contribution in [1.29, 1.82) is 0 Å². The average molecular weight is 402 g/mol. The summed E-state index contributed by atoms with van der Waals surface area (Å²) in [7, 11) is 0. The predicted molar refractivity (Wildman–Crippen MR) is 110 cm³/mol. The lowest BCUT2D eigenvalue weighted by Gasteiger charge is -2.26. The van der Waals surface area contributed by atoms with Gasteiger partial charge in [-0.05, 0) is 68.0 Å². The van der Waals surface area contributed by atoms with Gasteiger partial charge in [0.1, 0.15) is 11.3 Å². The van der Waals surface area contributed by atoms with Crippen molar-refractivity contribution in [1.82, 2.24) is 14.9 Å². The van der Waals surface area contributed by atoms with Gasteiger partial charge in [-0.3, -0.25) is 19.9 Å². The molecule has 0 radical (unpaired) electrons. The van der Waals surface area contributed by atoms with Gasteiger partial charge in [0.15, 0.2) is 0 Å². The fourth-order valence-electron chi connectivity index (χ4n) is 3.47. The topological polar surface area (TPSA) is 105 Å². The molecule has 3 heterocycles. The summed E-state index contributed by atoms with van der Waals surface area (Å²) in [5.74, 6) is -1.31. The van der Waals surface area contributed by atoms with Crippen LogP contribution in [0.3, 0.4) is 0 Å². The number of imide groups is 2. The van der Waals surface area contributed by atoms with Crippen molar-refractivity contribution in [3.05, 3.63) is 77.4 Å². The number of aromatic hydroxyl groups is 1. The van der Waals surface area contributed by atoms with E-state index >= 15 is 0 Å². The Labute approximate surface area is 172 Å². The largest absolute Gasteiger partial charge is 0.508 e. The molecule has 8 heteroatoms. The highest BCUT2D eigenvalue weighted by atomic mass is 16.3. The Balaban J connectivity index is 1.76. The maximum absolute atomic E-state index is 13.0. The zero-order chi connectivity index (χ0) is 21.4. The van der Waals surface area contributed by atoms with Crippen molar-refractivity contribution >= 4 is 29.6 Å². The summed E-state index contributed by atoms with van der Waals surface area (Å²) in [5.41, 5.74) is 3.31. The second kappa shape index (κ2) is 7.32. The van der Waals surface area contributed by atoms with Crippen LogP contribution in [0.2, 0.25) is 0 Å². The van der Waals surface area contributed by atoms with Crippen molar-refractivity contribution in [2.45, 2.75) is 13.8 Å². The first-order valence-corrected chi connectivity index (χ1v) is 9.16. The van der Waals surface area contributed by atoms with E-state index < -0.39 is 17.8 Å². The molecule has 0 unspecified atom stereocenters. The third-order valence-corrected chi connectivity index (χ3v) is 4.88. The van der Waals surface area contributed by atoms with Crippen LogP contribution in [0.4, 0.5) is 10.5 Å². The molecule has 0 atom stereocenters. The highest BCUT2D eigenvalue weighted by Crippen LogP contribution is 2.26. The second-order valence-corrected chi connectivity index (χ2v) is 6.85.